The van der Waals surface area contributed by atoms with E-state index in [4.69, 9.17) is 14.1 Å². The second kappa shape index (κ2) is 17.8. The van der Waals surface area contributed by atoms with Crippen LogP contribution in [0.4, 0.5) is 0 Å². The Morgan fingerprint density at radius 2 is 1.11 bits per heavy atom. The number of benzene rings is 7. The molecule has 2 aromatic heterocycles. The first-order chi connectivity index (χ1) is 32.1. The summed E-state index contributed by atoms with van der Waals surface area (Å²) in [4.78, 5) is 10.3. The molecule has 0 saturated carbocycles. The van der Waals surface area contributed by atoms with Gasteiger partial charge in [-0.05, 0) is 104 Å². The molecule has 7 aromatic carbocycles. The molecule has 66 heavy (non-hydrogen) atoms. The van der Waals surface area contributed by atoms with Crippen LogP contribution in [0.3, 0.4) is 0 Å². The van der Waals surface area contributed by atoms with Crippen molar-refractivity contribution in [1.82, 2.24) is 14.5 Å². The molecule has 0 atom stereocenters. The summed E-state index contributed by atoms with van der Waals surface area (Å²) in [6.07, 6.45) is 1.87. The average molecular weight is 1050 g/mol. The zero-order chi connectivity index (χ0) is 48.3. The Bertz CT molecular complexity index is 3320. The number of hydrogen-bond donors (Lipinski definition) is 1. The molecule has 5 heteroatoms. The molecule has 0 spiro atoms. The van der Waals surface area contributed by atoms with Gasteiger partial charge < -0.3 is 5.11 Å². The molecule has 0 radical (unpaired) electrons. The smallest absolute Gasteiger partial charge is 0.148 e. The van der Waals surface area contributed by atoms with Gasteiger partial charge in [-0.25, -0.2) is 4.98 Å². The normalized spacial score (nSPS) is 12.9. The van der Waals surface area contributed by atoms with Crippen molar-refractivity contribution in [2.24, 2.45) is 0 Å². The van der Waals surface area contributed by atoms with Crippen LogP contribution in [0, 0.1) is 12.9 Å². The minimum atomic E-state index is -2.47. The Morgan fingerprint density at radius 3 is 1.74 bits per heavy atom. The van der Waals surface area contributed by atoms with Crippen LogP contribution < -0.4 is 0 Å². The first-order valence-electron chi connectivity index (χ1n) is 24.0. The van der Waals surface area contributed by atoms with E-state index in [1.165, 1.54) is 5.56 Å². The minimum Gasteiger partial charge on any atom is -0.507 e. The van der Waals surface area contributed by atoms with Crippen molar-refractivity contribution in [3.63, 3.8) is 0 Å². The predicted molar refractivity (Wildman–Crippen MR) is 273 cm³/mol. The molecule has 0 amide bonds. The standard InChI is InChI=1S/C61H58N3O.Pt/c1-39-33-55(52(41-17-12-11-13-18-41)38-51(39)42-25-29-47(30-26-42)60(5,6)7)64-54-21-16-20-49(57(54)63-58(64)50-19-14-15-22-56(50)65)44-34-45(36-48(35-44)61(8,9)10)53-37-43(31-32-62-53)40-23-27-46(28-24-40)59(2,3)4;/h11-33,35-38,65H,1-10H3;/q-1;/i1D3;. The molecular weight excluding hydrogens is 986 g/mol. The second-order valence-corrected chi connectivity index (χ2v) is 20.3. The van der Waals surface area contributed by atoms with Crippen LogP contribution in [0.5, 0.6) is 5.75 Å². The van der Waals surface area contributed by atoms with Gasteiger partial charge in [-0.2, -0.15) is 0 Å². The molecule has 0 fully saturated rings. The maximum Gasteiger partial charge on any atom is 0.148 e. The fraction of sp³-hybridized carbons (Fsp3) is 0.213. The van der Waals surface area contributed by atoms with Crippen molar-refractivity contribution in [3.8, 4) is 78.6 Å². The summed E-state index contributed by atoms with van der Waals surface area (Å²) < 4.78 is 28.9. The third-order valence-electron chi connectivity index (χ3n) is 12.5. The number of aromatic hydroxyl groups is 1. The van der Waals surface area contributed by atoms with E-state index < -0.39 is 6.85 Å². The Balaban J connectivity index is 0.00000642. The second-order valence-electron chi connectivity index (χ2n) is 20.3. The van der Waals surface area contributed by atoms with Gasteiger partial charge >= 0.3 is 0 Å². The summed E-state index contributed by atoms with van der Waals surface area (Å²) in [5.74, 6) is 0.529. The largest absolute Gasteiger partial charge is 0.507 e. The summed E-state index contributed by atoms with van der Waals surface area (Å²) >= 11 is 0. The fourth-order valence-electron chi connectivity index (χ4n) is 8.62. The number of nitrogens with zero attached hydrogens (tertiary/aromatic N) is 3. The number of fused-ring (bicyclic) bond motifs is 1. The van der Waals surface area contributed by atoms with Gasteiger partial charge in [-0.15, -0.1) is 29.3 Å². The maximum absolute atomic E-state index is 11.6. The van der Waals surface area contributed by atoms with Gasteiger partial charge in [0.05, 0.1) is 22.3 Å². The fourth-order valence-corrected chi connectivity index (χ4v) is 8.62. The van der Waals surface area contributed by atoms with E-state index in [-0.39, 0.29) is 48.6 Å². The summed E-state index contributed by atoms with van der Waals surface area (Å²) in [7, 11) is 0. The van der Waals surface area contributed by atoms with Gasteiger partial charge in [-0.1, -0.05) is 183 Å². The van der Waals surface area contributed by atoms with E-state index in [0.29, 0.717) is 28.2 Å². The number of rotatable bonds is 7. The van der Waals surface area contributed by atoms with Crippen LogP contribution in [-0.4, -0.2) is 19.6 Å². The van der Waals surface area contributed by atoms with Crippen LogP contribution in [0.1, 0.15) is 88.7 Å². The number of hydrogen-bond acceptors (Lipinski definition) is 3. The van der Waals surface area contributed by atoms with E-state index >= 15 is 0 Å². The molecule has 1 N–H and O–H groups in total. The van der Waals surface area contributed by atoms with Gasteiger partial charge in [-0.3, -0.25) is 9.55 Å². The zero-order valence-electron chi connectivity index (χ0n) is 42.2. The van der Waals surface area contributed by atoms with Gasteiger partial charge in [0, 0.05) is 42.6 Å². The zero-order valence-corrected chi connectivity index (χ0v) is 41.5. The summed E-state index contributed by atoms with van der Waals surface area (Å²) in [5.41, 5.74) is 14.8. The molecule has 9 rings (SSSR count). The molecule has 0 aliphatic rings. The molecule has 0 saturated heterocycles. The predicted octanol–water partition coefficient (Wildman–Crippen LogP) is 16.1. The first kappa shape index (κ1) is 42.3. The molecule has 0 aliphatic heterocycles. The Hall–Kier alpha value is -6.35. The van der Waals surface area contributed by atoms with Gasteiger partial charge in [0.25, 0.3) is 0 Å². The summed E-state index contributed by atoms with van der Waals surface area (Å²) in [5, 5.41) is 11.6. The van der Waals surface area contributed by atoms with Crippen LogP contribution in [0.2, 0.25) is 0 Å². The topological polar surface area (TPSA) is 50.9 Å². The molecule has 2 heterocycles. The van der Waals surface area contributed by atoms with Gasteiger partial charge in [0.15, 0.2) is 0 Å². The van der Waals surface area contributed by atoms with Gasteiger partial charge in [0.1, 0.15) is 11.6 Å². The monoisotopic (exact) mass is 1050 g/mol. The number of phenols is 1. The van der Waals surface area contributed by atoms with Crippen LogP contribution in [-0.2, 0) is 37.3 Å². The Kier molecular flexibility index (Phi) is 11.4. The van der Waals surface area contributed by atoms with Crippen molar-refractivity contribution in [2.45, 2.75) is 85.4 Å². The molecule has 0 aliphatic carbocycles. The van der Waals surface area contributed by atoms with Crippen LogP contribution >= 0.6 is 0 Å². The van der Waals surface area contributed by atoms with E-state index in [2.05, 4.69) is 135 Å². The maximum atomic E-state index is 11.6. The van der Waals surface area contributed by atoms with Crippen molar-refractivity contribution < 1.29 is 30.3 Å². The molecule has 334 valence electrons. The molecule has 0 unspecified atom stereocenters. The van der Waals surface area contributed by atoms with Crippen LogP contribution in [0.15, 0.2) is 164 Å². The van der Waals surface area contributed by atoms with Gasteiger partial charge in [0.2, 0.25) is 0 Å². The van der Waals surface area contributed by atoms with E-state index in [0.717, 1.165) is 66.8 Å². The number of aromatic nitrogens is 3. The number of imidazole rings is 1. The summed E-state index contributed by atoms with van der Waals surface area (Å²) in [6.45, 7) is 17.3. The van der Waals surface area contributed by atoms with Crippen molar-refractivity contribution in [2.75, 3.05) is 0 Å². The van der Waals surface area contributed by atoms with E-state index in [9.17, 15) is 5.11 Å². The number of para-hydroxylation sites is 2. The third kappa shape index (κ3) is 9.09. The molecular formula is C61H58N3OPt-. The quantitative estimate of drug-likeness (QED) is 0.162. The third-order valence-corrected chi connectivity index (χ3v) is 12.5. The first-order valence-corrected chi connectivity index (χ1v) is 22.5. The van der Waals surface area contributed by atoms with Crippen molar-refractivity contribution in [3.05, 3.63) is 192 Å². The average Bonchev–Trinajstić information content (AvgIpc) is 3.70. The van der Waals surface area contributed by atoms with Crippen molar-refractivity contribution >= 4 is 11.0 Å². The number of pyridine rings is 1. The summed E-state index contributed by atoms with van der Waals surface area (Å²) in [6, 6.07) is 56.5. The van der Waals surface area contributed by atoms with Crippen molar-refractivity contribution in [1.29, 1.82) is 0 Å². The van der Waals surface area contributed by atoms with Crippen LogP contribution in [0.25, 0.3) is 83.9 Å². The van der Waals surface area contributed by atoms with E-state index in [1.54, 1.807) is 18.2 Å². The number of phenolic OH excluding ortho intramolecular Hbond substituents is 1. The Labute approximate surface area is 410 Å². The molecule has 0 bridgehead atoms. The number of aryl methyl sites for hydroxylation is 1. The SMILES string of the molecule is [2H]C([2H])([2H])c1cc(-n2c(-c3ccccc3O)nc3c(-c4[c-]c(-c5cc(-c6ccc(C(C)(C)C)cc6)ccn5)cc(C(C)(C)C)c4)cccc32)c(-c2ccccc2)cc1-c1ccc(C(C)(C)C)cc1.[Pt]. The Morgan fingerprint density at radius 1 is 0.515 bits per heavy atom. The van der Waals surface area contributed by atoms with E-state index in [1.807, 2.05) is 83.6 Å². The molecule has 4 nitrogen and oxygen atoms in total. The minimum absolute atomic E-state index is 0. The molecule has 9 aromatic rings.